The molecule has 2 aromatic carbocycles. The quantitative estimate of drug-likeness (QED) is 0.635. The van der Waals surface area contributed by atoms with E-state index in [0.29, 0.717) is 0 Å². The third kappa shape index (κ3) is 4.08. The molecule has 0 radical (unpaired) electrons. The number of carboxylic acids is 1. The van der Waals surface area contributed by atoms with E-state index in [9.17, 15) is 33.0 Å². The Labute approximate surface area is 155 Å². The number of aromatic hydroxyl groups is 1. The fourth-order valence-electron chi connectivity index (χ4n) is 2.92. The molecule has 1 aromatic heterocycles. The van der Waals surface area contributed by atoms with E-state index in [1.165, 1.54) is 24.3 Å². The molecule has 0 bridgehead atoms. The van der Waals surface area contributed by atoms with E-state index >= 15 is 0 Å². The second-order valence-electron chi connectivity index (χ2n) is 5.92. The predicted octanol–water partition coefficient (Wildman–Crippen LogP) is 4.00. The summed E-state index contributed by atoms with van der Waals surface area (Å²) in [5.41, 5.74) is -0.893. The molecule has 0 saturated heterocycles. The zero-order chi connectivity index (χ0) is 20.5. The van der Waals surface area contributed by atoms with Crippen molar-refractivity contribution < 1.29 is 37.3 Å². The molecule has 0 saturated carbocycles. The van der Waals surface area contributed by atoms with Crippen LogP contribution in [0.2, 0.25) is 0 Å². The normalized spacial score (nSPS) is 12.7. The van der Waals surface area contributed by atoms with Crippen LogP contribution in [0, 0.1) is 0 Å². The highest BCUT2D eigenvalue weighted by Gasteiger charge is 2.31. The van der Waals surface area contributed by atoms with Crippen molar-refractivity contribution in [2.75, 3.05) is 0 Å². The first-order chi connectivity index (χ1) is 13.2. The van der Waals surface area contributed by atoms with Crippen molar-refractivity contribution in [3.8, 4) is 11.5 Å². The van der Waals surface area contributed by atoms with Gasteiger partial charge in [-0.3, -0.25) is 4.79 Å². The van der Waals surface area contributed by atoms with Gasteiger partial charge in [-0.05, 0) is 29.8 Å². The van der Waals surface area contributed by atoms with E-state index in [2.05, 4.69) is 4.74 Å². The minimum Gasteiger partial charge on any atom is -0.507 e. The van der Waals surface area contributed by atoms with Crippen molar-refractivity contribution in [2.24, 2.45) is 0 Å². The van der Waals surface area contributed by atoms with Crippen molar-refractivity contribution in [3.05, 3.63) is 70.1 Å². The molecule has 1 heterocycles. The second-order valence-corrected chi connectivity index (χ2v) is 5.92. The fourth-order valence-corrected chi connectivity index (χ4v) is 2.92. The standard InChI is InChI=1S/C19H13F3O6/c20-19(21,22)28-11-7-5-10(6-8-11)13(9-15(23)24)16-17(25)12-3-1-2-4-14(12)27-18(16)26/h1-8,13,25H,9H2,(H,23,24). The monoisotopic (exact) mass is 394 g/mol. The Morgan fingerprint density at radius 1 is 1.11 bits per heavy atom. The highest BCUT2D eigenvalue weighted by atomic mass is 19.4. The van der Waals surface area contributed by atoms with E-state index in [4.69, 9.17) is 4.42 Å². The molecule has 0 aliphatic heterocycles. The summed E-state index contributed by atoms with van der Waals surface area (Å²) in [7, 11) is 0. The van der Waals surface area contributed by atoms with E-state index in [1.807, 2.05) is 0 Å². The van der Waals surface area contributed by atoms with Crippen molar-refractivity contribution in [2.45, 2.75) is 18.7 Å². The van der Waals surface area contributed by atoms with Crippen LogP contribution < -0.4 is 10.4 Å². The van der Waals surface area contributed by atoms with Crippen LogP contribution >= 0.6 is 0 Å². The first-order valence-corrected chi connectivity index (χ1v) is 7.98. The number of ether oxygens (including phenoxy) is 1. The molecule has 2 N–H and O–H groups in total. The van der Waals surface area contributed by atoms with Crippen LogP contribution in [0.5, 0.6) is 11.5 Å². The van der Waals surface area contributed by atoms with Crippen LogP contribution in [-0.4, -0.2) is 22.5 Å². The highest BCUT2D eigenvalue weighted by Crippen LogP contribution is 2.36. The topological polar surface area (TPSA) is 97.0 Å². The fraction of sp³-hybridized carbons (Fsp3) is 0.158. The molecule has 9 heteroatoms. The van der Waals surface area contributed by atoms with E-state index in [-0.39, 0.29) is 22.1 Å². The number of rotatable bonds is 5. The lowest BCUT2D eigenvalue weighted by Gasteiger charge is -2.17. The molecule has 1 atom stereocenters. The van der Waals surface area contributed by atoms with Crippen LogP contribution in [0.15, 0.2) is 57.7 Å². The zero-order valence-corrected chi connectivity index (χ0v) is 14.1. The number of alkyl halides is 3. The van der Waals surface area contributed by atoms with Crippen molar-refractivity contribution in [3.63, 3.8) is 0 Å². The Balaban J connectivity index is 2.10. The van der Waals surface area contributed by atoms with Crippen LogP contribution in [0.3, 0.4) is 0 Å². The predicted molar refractivity (Wildman–Crippen MR) is 91.4 cm³/mol. The number of carbonyl (C=O) groups is 1. The summed E-state index contributed by atoms with van der Waals surface area (Å²) in [6.07, 6.45) is -5.46. The average molecular weight is 394 g/mol. The Hall–Kier alpha value is -3.49. The largest absolute Gasteiger partial charge is 0.573 e. The maximum atomic E-state index is 12.4. The number of para-hydroxylation sites is 1. The summed E-state index contributed by atoms with van der Waals surface area (Å²) in [6, 6.07) is 10.5. The molecule has 3 aromatic rings. The molecule has 0 aliphatic rings. The van der Waals surface area contributed by atoms with Gasteiger partial charge in [0.1, 0.15) is 17.1 Å². The van der Waals surface area contributed by atoms with Crippen molar-refractivity contribution >= 4 is 16.9 Å². The first kappa shape index (κ1) is 19.3. The summed E-state index contributed by atoms with van der Waals surface area (Å²) in [5.74, 6) is -3.35. The lowest BCUT2D eigenvalue weighted by Crippen LogP contribution is -2.18. The number of halogens is 3. The van der Waals surface area contributed by atoms with Gasteiger partial charge < -0.3 is 19.4 Å². The summed E-state index contributed by atoms with van der Waals surface area (Å²) < 4.78 is 45.9. The Bertz CT molecular complexity index is 1070. The molecule has 0 fully saturated rings. The average Bonchev–Trinajstić information content (AvgIpc) is 2.60. The number of aliphatic carboxylic acids is 1. The number of hydrogen-bond acceptors (Lipinski definition) is 5. The Kier molecular flexibility index (Phi) is 5.00. The van der Waals surface area contributed by atoms with Crippen LogP contribution in [-0.2, 0) is 4.79 Å². The van der Waals surface area contributed by atoms with Gasteiger partial charge in [0.05, 0.1) is 17.4 Å². The molecule has 28 heavy (non-hydrogen) atoms. The van der Waals surface area contributed by atoms with E-state index < -0.39 is 41.8 Å². The SMILES string of the molecule is O=C(O)CC(c1ccc(OC(F)(F)F)cc1)c1c(O)c2ccccc2oc1=O. The highest BCUT2D eigenvalue weighted by molar-refractivity contribution is 5.84. The molecule has 6 nitrogen and oxygen atoms in total. The Morgan fingerprint density at radius 3 is 2.36 bits per heavy atom. The van der Waals surface area contributed by atoms with Crippen molar-refractivity contribution in [1.29, 1.82) is 0 Å². The molecule has 3 rings (SSSR count). The number of fused-ring (bicyclic) bond motifs is 1. The third-order valence-corrected chi connectivity index (χ3v) is 4.06. The van der Waals surface area contributed by atoms with Crippen LogP contribution in [0.25, 0.3) is 11.0 Å². The van der Waals surface area contributed by atoms with Gasteiger partial charge in [-0.1, -0.05) is 24.3 Å². The number of hydrogen-bond donors (Lipinski definition) is 2. The van der Waals surface area contributed by atoms with Gasteiger partial charge in [0.2, 0.25) is 0 Å². The molecule has 146 valence electrons. The molecule has 1 unspecified atom stereocenters. The van der Waals surface area contributed by atoms with Gasteiger partial charge in [-0.25, -0.2) is 4.79 Å². The molecular formula is C19H13F3O6. The van der Waals surface area contributed by atoms with Gasteiger partial charge >= 0.3 is 18.0 Å². The number of carboxylic acid groups (broad SMARTS) is 1. The van der Waals surface area contributed by atoms with Gasteiger partial charge in [-0.2, -0.15) is 0 Å². The maximum Gasteiger partial charge on any atom is 0.573 e. The number of benzene rings is 2. The summed E-state index contributed by atoms with van der Waals surface area (Å²) in [5, 5.41) is 20.0. The van der Waals surface area contributed by atoms with Gasteiger partial charge in [-0.15, -0.1) is 13.2 Å². The summed E-state index contributed by atoms with van der Waals surface area (Å²) in [6.45, 7) is 0. The van der Waals surface area contributed by atoms with Gasteiger partial charge in [0, 0.05) is 5.92 Å². The van der Waals surface area contributed by atoms with Gasteiger partial charge in [0.25, 0.3) is 0 Å². The summed E-state index contributed by atoms with van der Waals surface area (Å²) >= 11 is 0. The molecular weight excluding hydrogens is 381 g/mol. The molecule has 0 aliphatic carbocycles. The first-order valence-electron chi connectivity index (χ1n) is 7.98. The van der Waals surface area contributed by atoms with Crippen molar-refractivity contribution in [1.82, 2.24) is 0 Å². The third-order valence-electron chi connectivity index (χ3n) is 4.06. The molecule has 0 spiro atoms. The van der Waals surface area contributed by atoms with Crippen LogP contribution in [0.1, 0.15) is 23.5 Å². The lowest BCUT2D eigenvalue weighted by molar-refractivity contribution is -0.274. The smallest absolute Gasteiger partial charge is 0.507 e. The zero-order valence-electron chi connectivity index (χ0n) is 14.1. The Morgan fingerprint density at radius 2 is 1.75 bits per heavy atom. The van der Waals surface area contributed by atoms with Crippen LogP contribution in [0.4, 0.5) is 13.2 Å². The second kappa shape index (κ2) is 7.26. The minimum atomic E-state index is -4.88. The van der Waals surface area contributed by atoms with E-state index in [0.717, 1.165) is 12.1 Å². The van der Waals surface area contributed by atoms with E-state index in [1.54, 1.807) is 12.1 Å². The lowest BCUT2D eigenvalue weighted by atomic mass is 9.88. The molecule has 0 amide bonds. The van der Waals surface area contributed by atoms with Gasteiger partial charge in [0.15, 0.2) is 0 Å². The summed E-state index contributed by atoms with van der Waals surface area (Å²) in [4.78, 5) is 23.7. The minimum absolute atomic E-state index is 0.122. The maximum absolute atomic E-state index is 12.4.